The van der Waals surface area contributed by atoms with Crippen LogP contribution in [0.25, 0.3) is 0 Å². The highest BCUT2D eigenvalue weighted by Gasteiger charge is 2.36. The van der Waals surface area contributed by atoms with Gasteiger partial charge in [0.25, 0.3) is 5.92 Å². The fraction of sp³-hybridized carbons (Fsp3) is 0.917. The highest BCUT2D eigenvalue weighted by molar-refractivity contribution is 5.78. The van der Waals surface area contributed by atoms with Gasteiger partial charge in [0, 0.05) is 31.8 Å². The second-order valence-electron chi connectivity index (χ2n) is 4.72. The van der Waals surface area contributed by atoms with Gasteiger partial charge < -0.3 is 4.90 Å². The van der Waals surface area contributed by atoms with Crippen LogP contribution in [-0.2, 0) is 4.79 Å². The molecule has 0 saturated carbocycles. The molecule has 0 aliphatic carbocycles. The Hall–Kier alpha value is -0.670. The van der Waals surface area contributed by atoms with E-state index >= 15 is 0 Å². The van der Waals surface area contributed by atoms with E-state index in [0.29, 0.717) is 0 Å². The Morgan fingerprint density at radius 1 is 1.38 bits per heavy atom. The number of carbonyl (C=O) groups is 1. The highest BCUT2D eigenvalue weighted by Crippen LogP contribution is 2.28. The SMILES string of the molecule is CCCC[C@H](C)C(=O)N1CCC(F)(F)CC1. The summed E-state index contributed by atoms with van der Waals surface area (Å²) < 4.78 is 25.8. The molecular weight excluding hydrogens is 212 g/mol. The average molecular weight is 233 g/mol. The summed E-state index contributed by atoms with van der Waals surface area (Å²) in [4.78, 5) is 13.5. The van der Waals surface area contributed by atoms with Gasteiger partial charge in [0.1, 0.15) is 0 Å². The first-order chi connectivity index (χ1) is 7.46. The summed E-state index contributed by atoms with van der Waals surface area (Å²) in [6.07, 6.45) is 2.59. The summed E-state index contributed by atoms with van der Waals surface area (Å²) in [7, 11) is 0. The highest BCUT2D eigenvalue weighted by atomic mass is 19.3. The van der Waals surface area contributed by atoms with Crippen molar-refractivity contribution in [2.45, 2.75) is 51.9 Å². The number of halogens is 2. The molecule has 1 atom stereocenters. The number of unbranched alkanes of at least 4 members (excludes halogenated alkanes) is 1. The van der Waals surface area contributed by atoms with Crippen LogP contribution < -0.4 is 0 Å². The molecule has 0 aromatic rings. The molecule has 0 aromatic heterocycles. The molecule has 1 heterocycles. The van der Waals surface area contributed by atoms with Crippen molar-refractivity contribution in [2.24, 2.45) is 5.92 Å². The lowest BCUT2D eigenvalue weighted by Gasteiger charge is -2.33. The van der Waals surface area contributed by atoms with Crippen molar-refractivity contribution in [1.29, 1.82) is 0 Å². The van der Waals surface area contributed by atoms with Crippen molar-refractivity contribution in [3.05, 3.63) is 0 Å². The van der Waals surface area contributed by atoms with Crippen LogP contribution in [0.2, 0.25) is 0 Å². The molecule has 2 nitrogen and oxygen atoms in total. The predicted octanol–water partition coefficient (Wildman–Crippen LogP) is 3.07. The maximum Gasteiger partial charge on any atom is 0.251 e. The van der Waals surface area contributed by atoms with Crippen LogP contribution >= 0.6 is 0 Å². The summed E-state index contributed by atoms with van der Waals surface area (Å²) >= 11 is 0. The van der Waals surface area contributed by atoms with E-state index in [9.17, 15) is 13.6 Å². The molecule has 0 bridgehead atoms. The fourth-order valence-electron chi connectivity index (χ4n) is 2.00. The molecule has 0 radical (unpaired) electrons. The van der Waals surface area contributed by atoms with Crippen LogP contribution in [0.4, 0.5) is 8.78 Å². The number of amides is 1. The van der Waals surface area contributed by atoms with Crippen LogP contribution in [0.5, 0.6) is 0 Å². The van der Waals surface area contributed by atoms with Gasteiger partial charge in [-0.1, -0.05) is 26.7 Å². The van der Waals surface area contributed by atoms with Crippen molar-refractivity contribution in [1.82, 2.24) is 4.90 Å². The quantitative estimate of drug-likeness (QED) is 0.730. The molecule has 0 aromatic carbocycles. The maximum atomic E-state index is 12.9. The Morgan fingerprint density at radius 2 is 1.94 bits per heavy atom. The molecule has 94 valence electrons. The Bertz CT molecular complexity index is 233. The third-order valence-corrected chi connectivity index (χ3v) is 3.22. The maximum absolute atomic E-state index is 12.9. The number of carbonyl (C=O) groups excluding carboxylic acids is 1. The Balaban J connectivity index is 2.38. The molecule has 1 aliphatic heterocycles. The normalized spacial score (nSPS) is 21.9. The van der Waals surface area contributed by atoms with Crippen LogP contribution in [0.15, 0.2) is 0 Å². The molecule has 0 unspecified atom stereocenters. The van der Waals surface area contributed by atoms with Crippen molar-refractivity contribution in [2.75, 3.05) is 13.1 Å². The zero-order chi connectivity index (χ0) is 12.2. The first-order valence-electron chi connectivity index (χ1n) is 6.13. The summed E-state index contributed by atoms with van der Waals surface area (Å²) in [5.41, 5.74) is 0. The second kappa shape index (κ2) is 5.60. The number of nitrogens with zero attached hydrogens (tertiary/aromatic N) is 1. The Labute approximate surface area is 96.0 Å². The van der Waals surface area contributed by atoms with E-state index in [-0.39, 0.29) is 37.8 Å². The molecule has 1 rings (SSSR count). The van der Waals surface area contributed by atoms with E-state index in [1.807, 2.05) is 6.92 Å². The van der Waals surface area contributed by atoms with Crippen molar-refractivity contribution >= 4 is 5.91 Å². The smallest absolute Gasteiger partial charge is 0.251 e. The minimum absolute atomic E-state index is 0.0216. The minimum atomic E-state index is -2.57. The average Bonchev–Trinajstić information content (AvgIpc) is 2.25. The Morgan fingerprint density at radius 3 is 2.44 bits per heavy atom. The number of likely N-dealkylation sites (tertiary alicyclic amines) is 1. The molecule has 1 fully saturated rings. The van der Waals surface area contributed by atoms with E-state index in [0.717, 1.165) is 19.3 Å². The molecule has 0 spiro atoms. The van der Waals surface area contributed by atoms with Crippen molar-refractivity contribution in [3.8, 4) is 0 Å². The van der Waals surface area contributed by atoms with Crippen LogP contribution in [0.3, 0.4) is 0 Å². The molecule has 1 aliphatic rings. The summed E-state index contributed by atoms with van der Waals surface area (Å²) in [5.74, 6) is -2.54. The van der Waals surface area contributed by atoms with Crippen molar-refractivity contribution in [3.63, 3.8) is 0 Å². The largest absolute Gasteiger partial charge is 0.342 e. The lowest BCUT2D eigenvalue weighted by molar-refractivity contribution is -0.141. The zero-order valence-electron chi connectivity index (χ0n) is 10.1. The lowest BCUT2D eigenvalue weighted by Crippen LogP contribution is -2.44. The first-order valence-corrected chi connectivity index (χ1v) is 6.13. The van der Waals surface area contributed by atoms with Gasteiger partial charge in [-0.15, -0.1) is 0 Å². The third kappa shape index (κ3) is 3.72. The van der Waals surface area contributed by atoms with E-state index in [1.54, 1.807) is 4.90 Å². The van der Waals surface area contributed by atoms with Crippen LogP contribution in [-0.4, -0.2) is 29.8 Å². The van der Waals surface area contributed by atoms with Gasteiger partial charge in [0.05, 0.1) is 0 Å². The van der Waals surface area contributed by atoms with Gasteiger partial charge in [-0.3, -0.25) is 4.79 Å². The van der Waals surface area contributed by atoms with Gasteiger partial charge in [0.2, 0.25) is 5.91 Å². The summed E-state index contributed by atoms with van der Waals surface area (Å²) in [6, 6.07) is 0. The van der Waals surface area contributed by atoms with E-state index in [4.69, 9.17) is 0 Å². The zero-order valence-corrected chi connectivity index (χ0v) is 10.1. The Kier molecular flexibility index (Phi) is 4.69. The fourth-order valence-corrected chi connectivity index (χ4v) is 2.00. The minimum Gasteiger partial charge on any atom is -0.342 e. The third-order valence-electron chi connectivity index (χ3n) is 3.22. The number of hydrogen-bond donors (Lipinski definition) is 0. The van der Waals surface area contributed by atoms with Gasteiger partial charge in [-0.05, 0) is 6.42 Å². The second-order valence-corrected chi connectivity index (χ2v) is 4.72. The van der Waals surface area contributed by atoms with Gasteiger partial charge in [-0.2, -0.15) is 0 Å². The van der Waals surface area contributed by atoms with Gasteiger partial charge >= 0.3 is 0 Å². The van der Waals surface area contributed by atoms with E-state index in [1.165, 1.54) is 0 Å². The topological polar surface area (TPSA) is 20.3 Å². The molecule has 16 heavy (non-hydrogen) atoms. The monoisotopic (exact) mass is 233 g/mol. The standard InChI is InChI=1S/C12H21F2NO/c1-3-4-5-10(2)11(16)15-8-6-12(13,14)7-9-15/h10H,3-9H2,1-2H3/t10-/m0/s1. The van der Waals surface area contributed by atoms with E-state index in [2.05, 4.69) is 6.92 Å². The molecular formula is C12H21F2NO. The molecule has 1 amide bonds. The lowest BCUT2D eigenvalue weighted by atomic mass is 10.00. The number of hydrogen-bond acceptors (Lipinski definition) is 1. The molecule has 1 saturated heterocycles. The molecule has 0 N–H and O–H groups in total. The van der Waals surface area contributed by atoms with Gasteiger partial charge in [-0.25, -0.2) is 8.78 Å². The number of alkyl halides is 2. The van der Waals surface area contributed by atoms with E-state index < -0.39 is 5.92 Å². The van der Waals surface area contributed by atoms with Crippen molar-refractivity contribution < 1.29 is 13.6 Å². The number of piperidine rings is 1. The van der Waals surface area contributed by atoms with Crippen LogP contribution in [0.1, 0.15) is 46.0 Å². The van der Waals surface area contributed by atoms with Gasteiger partial charge in [0.15, 0.2) is 0 Å². The van der Waals surface area contributed by atoms with Crippen LogP contribution in [0, 0.1) is 5.92 Å². The summed E-state index contributed by atoms with van der Waals surface area (Å²) in [5, 5.41) is 0. The number of rotatable bonds is 4. The summed E-state index contributed by atoms with van der Waals surface area (Å²) in [6.45, 7) is 4.40. The first kappa shape index (κ1) is 13.4. The predicted molar refractivity (Wildman–Crippen MR) is 59.5 cm³/mol. The molecule has 4 heteroatoms.